The highest BCUT2D eigenvalue weighted by atomic mass is 19.2. The molecule has 3 N–H and O–H groups in total. The predicted molar refractivity (Wildman–Crippen MR) is 137 cm³/mol. The second-order valence-electron chi connectivity index (χ2n) is 8.97. The number of benzene rings is 2. The van der Waals surface area contributed by atoms with Crippen molar-refractivity contribution >= 4 is 34.0 Å². The lowest BCUT2D eigenvalue weighted by atomic mass is 10.2. The fraction of sp³-hybridized carbons (Fsp3) is 0.308. The van der Waals surface area contributed by atoms with Gasteiger partial charge in [0.2, 0.25) is 5.91 Å². The SMILES string of the molecule is O=C(Cn1cc(Nc2ncnc3cc(OCCN4CCC[C@H]4CO)ccc23)cn1)Nc1cccc(F)c1F. The second-order valence-corrected chi connectivity index (χ2v) is 8.97. The summed E-state index contributed by atoms with van der Waals surface area (Å²) in [6, 6.07) is 9.34. The molecule has 0 unspecified atom stereocenters. The quantitative estimate of drug-likeness (QED) is 0.290. The van der Waals surface area contributed by atoms with E-state index in [1.807, 2.05) is 18.2 Å². The van der Waals surface area contributed by atoms with Crippen molar-refractivity contribution in [2.45, 2.75) is 25.4 Å². The van der Waals surface area contributed by atoms with Crippen LogP contribution >= 0.6 is 0 Å². The molecule has 0 saturated carbocycles. The van der Waals surface area contributed by atoms with Crippen molar-refractivity contribution in [1.82, 2.24) is 24.6 Å². The van der Waals surface area contributed by atoms with Crippen LogP contribution in [0.4, 0.5) is 26.0 Å². The Kier molecular flexibility index (Phi) is 7.70. The molecule has 0 spiro atoms. The molecular formula is C26H27F2N7O3. The van der Waals surface area contributed by atoms with E-state index in [1.165, 1.54) is 29.3 Å². The minimum Gasteiger partial charge on any atom is -0.492 e. The third kappa shape index (κ3) is 5.87. The fourth-order valence-electron chi connectivity index (χ4n) is 4.49. The van der Waals surface area contributed by atoms with Crippen LogP contribution in [0.1, 0.15) is 12.8 Å². The minimum atomic E-state index is -1.12. The first kappa shape index (κ1) is 25.5. The summed E-state index contributed by atoms with van der Waals surface area (Å²) >= 11 is 0. The van der Waals surface area contributed by atoms with E-state index in [0.717, 1.165) is 37.4 Å². The Hall–Kier alpha value is -4.16. The molecule has 0 bridgehead atoms. The average molecular weight is 524 g/mol. The minimum absolute atomic E-state index is 0.170. The van der Waals surface area contributed by atoms with Crippen molar-refractivity contribution in [2.75, 3.05) is 36.9 Å². The molecule has 1 aliphatic rings. The van der Waals surface area contributed by atoms with Crippen molar-refractivity contribution in [3.8, 4) is 5.75 Å². The molecule has 3 heterocycles. The van der Waals surface area contributed by atoms with Gasteiger partial charge < -0.3 is 20.5 Å². The zero-order valence-corrected chi connectivity index (χ0v) is 20.5. The highest BCUT2D eigenvalue weighted by Gasteiger charge is 2.23. The Balaban J connectivity index is 1.19. The van der Waals surface area contributed by atoms with Gasteiger partial charge in [-0.25, -0.2) is 18.7 Å². The van der Waals surface area contributed by atoms with Crippen LogP contribution in [0.5, 0.6) is 5.75 Å². The summed E-state index contributed by atoms with van der Waals surface area (Å²) in [5.74, 6) is -1.47. The number of rotatable bonds is 10. The zero-order valence-electron chi connectivity index (χ0n) is 20.5. The van der Waals surface area contributed by atoms with E-state index in [-0.39, 0.29) is 24.9 Å². The van der Waals surface area contributed by atoms with Crippen LogP contribution in [-0.2, 0) is 11.3 Å². The number of aliphatic hydroxyl groups is 1. The molecule has 0 aliphatic carbocycles. The molecule has 198 valence electrons. The molecule has 2 aromatic carbocycles. The monoisotopic (exact) mass is 523 g/mol. The van der Waals surface area contributed by atoms with Gasteiger partial charge in [-0.2, -0.15) is 5.10 Å². The van der Waals surface area contributed by atoms with Gasteiger partial charge in [0, 0.05) is 30.2 Å². The number of halogens is 2. The lowest BCUT2D eigenvalue weighted by molar-refractivity contribution is -0.116. The van der Waals surface area contributed by atoms with Gasteiger partial charge in [0.05, 0.1) is 29.7 Å². The number of hydrogen-bond donors (Lipinski definition) is 3. The van der Waals surface area contributed by atoms with E-state index in [2.05, 4.69) is 30.6 Å². The van der Waals surface area contributed by atoms with Crippen molar-refractivity contribution in [3.05, 3.63) is 66.8 Å². The summed E-state index contributed by atoms with van der Waals surface area (Å²) in [4.78, 5) is 23.2. The largest absolute Gasteiger partial charge is 0.492 e. The number of amides is 1. The number of hydrogen-bond acceptors (Lipinski definition) is 8. The number of likely N-dealkylation sites (tertiary alicyclic amines) is 1. The molecule has 1 amide bonds. The molecule has 2 aromatic heterocycles. The summed E-state index contributed by atoms with van der Waals surface area (Å²) in [5, 5.41) is 19.9. The van der Waals surface area contributed by atoms with E-state index in [4.69, 9.17) is 4.74 Å². The van der Waals surface area contributed by atoms with Crippen LogP contribution in [0.2, 0.25) is 0 Å². The fourth-order valence-corrected chi connectivity index (χ4v) is 4.49. The number of carbonyl (C=O) groups is 1. The Morgan fingerprint density at radius 2 is 2.11 bits per heavy atom. The Morgan fingerprint density at radius 3 is 2.97 bits per heavy atom. The van der Waals surface area contributed by atoms with Gasteiger partial charge in [0.1, 0.15) is 31.0 Å². The number of aliphatic hydroxyl groups excluding tert-OH is 1. The zero-order chi connectivity index (χ0) is 26.5. The molecule has 1 saturated heterocycles. The molecular weight excluding hydrogens is 496 g/mol. The number of fused-ring (bicyclic) bond motifs is 1. The molecule has 0 radical (unpaired) electrons. The van der Waals surface area contributed by atoms with Crippen LogP contribution in [0, 0.1) is 11.6 Å². The number of ether oxygens (including phenoxy) is 1. The first-order valence-corrected chi connectivity index (χ1v) is 12.3. The van der Waals surface area contributed by atoms with Crippen molar-refractivity contribution in [3.63, 3.8) is 0 Å². The second kappa shape index (κ2) is 11.5. The van der Waals surface area contributed by atoms with Crippen LogP contribution in [0.3, 0.4) is 0 Å². The van der Waals surface area contributed by atoms with Crippen LogP contribution in [0.25, 0.3) is 10.9 Å². The molecule has 10 nitrogen and oxygen atoms in total. The highest BCUT2D eigenvalue weighted by molar-refractivity contribution is 5.92. The summed E-state index contributed by atoms with van der Waals surface area (Å²) < 4.78 is 34.5. The standard InChI is InChI=1S/C26H27F2N7O3/c27-21-4-1-5-22(25(21)28)33-24(37)14-35-13-17(12-31-35)32-26-20-7-6-19(11-23(20)29-16-30-26)38-10-9-34-8-2-3-18(34)15-36/h1,4-7,11-13,16,18,36H,2-3,8-10,14-15H2,(H,33,37)(H,29,30,32)/t18-/m0/s1. The number of nitrogens with one attached hydrogen (secondary N) is 2. The van der Waals surface area contributed by atoms with Gasteiger partial charge in [-0.1, -0.05) is 6.07 Å². The Bertz CT molecular complexity index is 1430. The summed E-state index contributed by atoms with van der Waals surface area (Å²) in [6.07, 6.45) is 6.68. The predicted octanol–water partition coefficient (Wildman–Crippen LogP) is 3.32. The average Bonchev–Trinajstić information content (AvgIpc) is 3.56. The topological polar surface area (TPSA) is 117 Å². The van der Waals surface area contributed by atoms with E-state index in [0.29, 0.717) is 29.4 Å². The number of anilines is 3. The maximum atomic E-state index is 13.8. The van der Waals surface area contributed by atoms with E-state index >= 15 is 0 Å². The third-order valence-electron chi connectivity index (χ3n) is 6.39. The van der Waals surface area contributed by atoms with Gasteiger partial charge >= 0.3 is 0 Å². The van der Waals surface area contributed by atoms with E-state index in [9.17, 15) is 18.7 Å². The lowest BCUT2D eigenvalue weighted by Gasteiger charge is -2.22. The molecule has 4 aromatic rings. The molecule has 1 fully saturated rings. The first-order chi connectivity index (χ1) is 18.5. The van der Waals surface area contributed by atoms with Gasteiger partial charge in [0.25, 0.3) is 0 Å². The van der Waals surface area contributed by atoms with Crippen molar-refractivity contribution in [2.24, 2.45) is 0 Å². The summed E-state index contributed by atoms with van der Waals surface area (Å²) in [7, 11) is 0. The highest BCUT2D eigenvalue weighted by Crippen LogP contribution is 2.26. The lowest BCUT2D eigenvalue weighted by Crippen LogP contribution is -2.35. The number of nitrogens with zero attached hydrogens (tertiary/aromatic N) is 5. The first-order valence-electron chi connectivity index (χ1n) is 12.3. The van der Waals surface area contributed by atoms with Crippen LogP contribution < -0.4 is 15.4 Å². The Labute approximate surface area is 217 Å². The smallest absolute Gasteiger partial charge is 0.246 e. The van der Waals surface area contributed by atoms with Gasteiger partial charge in [-0.3, -0.25) is 14.4 Å². The number of carbonyl (C=O) groups excluding carboxylic acids is 1. The number of aromatic nitrogens is 4. The molecule has 38 heavy (non-hydrogen) atoms. The van der Waals surface area contributed by atoms with Gasteiger partial charge in [-0.15, -0.1) is 0 Å². The summed E-state index contributed by atoms with van der Waals surface area (Å²) in [6.45, 7) is 2.21. The maximum absolute atomic E-state index is 13.8. The summed E-state index contributed by atoms with van der Waals surface area (Å²) in [5.41, 5.74) is 1.04. The van der Waals surface area contributed by atoms with Crippen LogP contribution in [0.15, 0.2) is 55.1 Å². The maximum Gasteiger partial charge on any atom is 0.246 e. The molecule has 1 aliphatic heterocycles. The van der Waals surface area contributed by atoms with Gasteiger partial charge in [0.15, 0.2) is 11.6 Å². The van der Waals surface area contributed by atoms with E-state index in [1.54, 1.807) is 6.20 Å². The van der Waals surface area contributed by atoms with Crippen LogP contribution in [-0.4, -0.2) is 68.0 Å². The molecule has 1 atom stereocenters. The van der Waals surface area contributed by atoms with Crippen molar-refractivity contribution < 1.29 is 23.4 Å². The molecule has 5 rings (SSSR count). The van der Waals surface area contributed by atoms with E-state index < -0.39 is 17.5 Å². The normalized spacial score (nSPS) is 15.6. The van der Waals surface area contributed by atoms with Crippen molar-refractivity contribution in [1.29, 1.82) is 0 Å². The Morgan fingerprint density at radius 1 is 1.21 bits per heavy atom. The third-order valence-corrected chi connectivity index (χ3v) is 6.39. The van der Waals surface area contributed by atoms with Gasteiger partial charge in [-0.05, 0) is 43.7 Å². The molecule has 12 heteroatoms.